The van der Waals surface area contributed by atoms with E-state index in [-0.39, 0.29) is 39.9 Å². The number of fused-ring (bicyclic) bond motifs is 1. The summed E-state index contributed by atoms with van der Waals surface area (Å²) in [6, 6.07) is 15.5. The van der Waals surface area contributed by atoms with Crippen LogP contribution in [0.4, 0.5) is 0 Å². The third-order valence-corrected chi connectivity index (χ3v) is 5.17. The minimum absolute atomic E-state index is 0.0355. The average molecular weight is 429 g/mol. The number of benzene rings is 3. The molecule has 32 heavy (non-hydrogen) atoms. The van der Waals surface area contributed by atoms with Gasteiger partial charge >= 0.3 is 11.9 Å². The highest BCUT2D eigenvalue weighted by Gasteiger charge is 2.36. The van der Waals surface area contributed by atoms with Crippen molar-refractivity contribution in [3.05, 3.63) is 106 Å². The molecule has 3 aromatic carbocycles. The Kier molecular flexibility index (Phi) is 5.11. The minimum Gasteiger partial charge on any atom is -0.478 e. The van der Waals surface area contributed by atoms with E-state index in [0.717, 1.165) is 4.90 Å². The average Bonchev–Trinajstić information content (AvgIpc) is 3.03. The zero-order chi connectivity index (χ0) is 23.0. The van der Waals surface area contributed by atoms with E-state index in [2.05, 4.69) is 0 Å². The molecule has 8 heteroatoms. The van der Waals surface area contributed by atoms with Crippen molar-refractivity contribution in [3.8, 4) is 0 Å². The van der Waals surface area contributed by atoms with Crippen LogP contribution in [-0.2, 0) is 6.54 Å². The first-order valence-electron chi connectivity index (χ1n) is 9.47. The first kappa shape index (κ1) is 20.7. The summed E-state index contributed by atoms with van der Waals surface area (Å²) in [7, 11) is 0. The molecule has 0 saturated heterocycles. The normalized spacial score (nSPS) is 12.6. The van der Waals surface area contributed by atoms with Crippen LogP contribution in [0.1, 0.15) is 62.9 Å². The lowest BCUT2D eigenvalue weighted by atomic mass is 9.98. The van der Waals surface area contributed by atoms with Crippen LogP contribution in [0.5, 0.6) is 0 Å². The van der Waals surface area contributed by atoms with Gasteiger partial charge in [0.2, 0.25) is 0 Å². The van der Waals surface area contributed by atoms with Crippen molar-refractivity contribution >= 4 is 29.5 Å². The molecule has 0 bridgehead atoms. The van der Waals surface area contributed by atoms with Crippen molar-refractivity contribution in [3.63, 3.8) is 0 Å². The summed E-state index contributed by atoms with van der Waals surface area (Å²) < 4.78 is 0. The van der Waals surface area contributed by atoms with E-state index in [1.807, 2.05) is 0 Å². The van der Waals surface area contributed by atoms with Crippen LogP contribution in [0.25, 0.3) is 0 Å². The molecule has 0 aliphatic carbocycles. The molecule has 1 heterocycles. The lowest BCUT2D eigenvalue weighted by molar-refractivity contribution is 0.0636. The summed E-state index contributed by atoms with van der Waals surface area (Å²) >= 11 is 0. The molecule has 3 aromatic rings. The number of carboxylic acid groups (broad SMARTS) is 2. The van der Waals surface area contributed by atoms with Gasteiger partial charge in [-0.1, -0.05) is 30.3 Å². The summed E-state index contributed by atoms with van der Waals surface area (Å²) in [6.07, 6.45) is 0. The molecule has 0 unspecified atom stereocenters. The molecule has 158 valence electrons. The second-order valence-electron chi connectivity index (χ2n) is 7.17. The van der Waals surface area contributed by atoms with Crippen LogP contribution in [0, 0.1) is 0 Å². The van der Waals surface area contributed by atoms with E-state index < -0.39 is 29.5 Å². The molecular weight excluding hydrogens is 414 g/mol. The van der Waals surface area contributed by atoms with E-state index >= 15 is 0 Å². The lowest BCUT2D eigenvalue weighted by Crippen LogP contribution is -2.29. The topological polar surface area (TPSA) is 129 Å². The zero-order valence-electron chi connectivity index (χ0n) is 16.4. The van der Waals surface area contributed by atoms with Gasteiger partial charge in [-0.15, -0.1) is 0 Å². The molecule has 0 atom stereocenters. The highest BCUT2D eigenvalue weighted by molar-refractivity contribution is 6.22. The number of aromatic carboxylic acids is 2. The van der Waals surface area contributed by atoms with Crippen LogP contribution < -0.4 is 0 Å². The van der Waals surface area contributed by atoms with Gasteiger partial charge in [-0.3, -0.25) is 19.3 Å². The lowest BCUT2D eigenvalue weighted by Gasteiger charge is -2.13. The molecule has 0 spiro atoms. The Balaban J connectivity index is 1.57. The van der Waals surface area contributed by atoms with E-state index in [9.17, 15) is 24.0 Å². The smallest absolute Gasteiger partial charge is 0.335 e. The maximum atomic E-state index is 12.9. The Hall–Kier alpha value is -4.59. The van der Waals surface area contributed by atoms with Crippen molar-refractivity contribution in [1.82, 2.24) is 4.90 Å². The van der Waals surface area contributed by atoms with Gasteiger partial charge in [0.25, 0.3) is 11.8 Å². The van der Waals surface area contributed by atoms with Gasteiger partial charge in [-0.2, -0.15) is 0 Å². The molecule has 0 fully saturated rings. The minimum atomic E-state index is -1.11. The Morgan fingerprint density at radius 2 is 1.09 bits per heavy atom. The summed E-state index contributed by atoms with van der Waals surface area (Å²) in [5, 5.41) is 18.0. The third kappa shape index (κ3) is 3.65. The van der Waals surface area contributed by atoms with Crippen LogP contribution in [0.3, 0.4) is 0 Å². The largest absolute Gasteiger partial charge is 0.478 e. The van der Waals surface area contributed by atoms with E-state index in [4.69, 9.17) is 10.2 Å². The van der Waals surface area contributed by atoms with Gasteiger partial charge in [0.15, 0.2) is 5.78 Å². The first-order valence-corrected chi connectivity index (χ1v) is 9.47. The number of imide groups is 1. The second kappa shape index (κ2) is 7.92. The SMILES string of the molecule is O=C(O)c1ccc(CN2C(=O)c3ccc(C(=O)c4ccc(C(=O)O)cc4)cc3C2=O)cc1. The molecule has 1 aliphatic heterocycles. The number of hydrogen-bond acceptors (Lipinski definition) is 5. The van der Waals surface area contributed by atoms with Crippen molar-refractivity contribution in [1.29, 1.82) is 0 Å². The Morgan fingerprint density at radius 1 is 0.625 bits per heavy atom. The maximum Gasteiger partial charge on any atom is 0.335 e. The first-order chi connectivity index (χ1) is 15.3. The summed E-state index contributed by atoms with van der Waals surface area (Å²) in [6.45, 7) is -0.0355. The predicted molar refractivity (Wildman–Crippen MR) is 111 cm³/mol. The number of nitrogens with zero attached hydrogens (tertiary/aromatic N) is 1. The second-order valence-corrected chi connectivity index (χ2v) is 7.17. The summed E-state index contributed by atoms with van der Waals surface area (Å²) in [5.74, 6) is -3.65. The van der Waals surface area contributed by atoms with E-state index in [1.165, 1.54) is 66.7 Å². The van der Waals surface area contributed by atoms with Crippen molar-refractivity contribution in [2.75, 3.05) is 0 Å². The summed E-state index contributed by atoms with van der Waals surface area (Å²) in [4.78, 5) is 61.3. The van der Waals surface area contributed by atoms with Crippen LogP contribution >= 0.6 is 0 Å². The monoisotopic (exact) mass is 429 g/mol. The molecule has 2 amide bonds. The number of ketones is 1. The Bertz CT molecular complexity index is 1290. The number of carbonyl (C=O) groups excluding carboxylic acids is 3. The quantitative estimate of drug-likeness (QED) is 0.455. The van der Waals surface area contributed by atoms with Crippen molar-refractivity contribution in [2.45, 2.75) is 6.54 Å². The predicted octanol–water partition coefficient (Wildman–Crippen LogP) is 3.11. The Morgan fingerprint density at radius 3 is 1.66 bits per heavy atom. The molecule has 0 aromatic heterocycles. The number of amides is 2. The fourth-order valence-electron chi connectivity index (χ4n) is 3.44. The van der Waals surface area contributed by atoms with Gasteiger partial charge in [-0.25, -0.2) is 9.59 Å². The van der Waals surface area contributed by atoms with E-state index in [1.54, 1.807) is 0 Å². The fraction of sp³-hybridized carbons (Fsp3) is 0.0417. The molecule has 0 radical (unpaired) electrons. The number of rotatable bonds is 6. The molecule has 2 N–H and O–H groups in total. The van der Waals surface area contributed by atoms with Gasteiger partial charge < -0.3 is 10.2 Å². The fourth-order valence-corrected chi connectivity index (χ4v) is 3.44. The zero-order valence-corrected chi connectivity index (χ0v) is 16.4. The summed E-state index contributed by atoms with van der Waals surface area (Å²) in [5.41, 5.74) is 1.45. The molecule has 4 rings (SSSR count). The number of carboxylic acids is 2. The van der Waals surface area contributed by atoms with Crippen molar-refractivity contribution < 1.29 is 34.2 Å². The maximum absolute atomic E-state index is 12.9. The molecular formula is C24H15NO7. The number of carbonyl (C=O) groups is 5. The van der Waals surface area contributed by atoms with Gasteiger partial charge in [0.05, 0.1) is 28.8 Å². The highest BCUT2D eigenvalue weighted by atomic mass is 16.4. The molecule has 1 aliphatic rings. The Labute approximate surface area is 181 Å². The van der Waals surface area contributed by atoms with Crippen LogP contribution in [-0.4, -0.2) is 44.6 Å². The standard InChI is InChI=1S/C24H15NO7/c26-20(14-5-7-16(8-6-14)24(31)32)17-9-10-18-19(11-17)22(28)25(21(18)27)12-13-1-3-15(4-2-13)23(29)30/h1-11H,12H2,(H,29,30)(H,31,32). The van der Waals surface area contributed by atoms with Crippen molar-refractivity contribution in [2.24, 2.45) is 0 Å². The molecule has 0 saturated carbocycles. The van der Waals surface area contributed by atoms with Crippen LogP contribution in [0.2, 0.25) is 0 Å². The molecule has 8 nitrogen and oxygen atoms in total. The third-order valence-electron chi connectivity index (χ3n) is 5.17. The van der Waals surface area contributed by atoms with Gasteiger partial charge in [0.1, 0.15) is 0 Å². The van der Waals surface area contributed by atoms with Crippen LogP contribution in [0.15, 0.2) is 66.7 Å². The van der Waals surface area contributed by atoms with Gasteiger partial charge in [0, 0.05) is 11.1 Å². The highest BCUT2D eigenvalue weighted by Crippen LogP contribution is 2.26. The van der Waals surface area contributed by atoms with E-state index in [0.29, 0.717) is 5.56 Å². The number of hydrogen-bond donors (Lipinski definition) is 2. The van der Waals surface area contributed by atoms with Gasteiger partial charge in [-0.05, 0) is 42.0 Å².